The van der Waals surface area contributed by atoms with Gasteiger partial charge in [-0.25, -0.2) is 13.4 Å². The van der Waals surface area contributed by atoms with Gasteiger partial charge in [0.1, 0.15) is 11.9 Å². The van der Waals surface area contributed by atoms with Gasteiger partial charge in [-0.2, -0.15) is 4.31 Å². The Morgan fingerprint density at radius 2 is 1.93 bits per heavy atom. The van der Waals surface area contributed by atoms with E-state index in [1.807, 2.05) is 23.1 Å². The van der Waals surface area contributed by atoms with Gasteiger partial charge in [0.2, 0.25) is 15.9 Å². The van der Waals surface area contributed by atoms with E-state index in [1.54, 1.807) is 12.3 Å². The number of amides is 2. The van der Waals surface area contributed by atoms with E-state index in [4.69, 9.17) is 4.42 Å². The van der Waals surface area contributed by atoms with Gasteiger partial charge in [0, 0.05) is 38.9 Å². The lowest BCUT2D eigenvalue weighted by Crippen LogP contribution is -2.51. The van der Waals surface area contributed by atoms with Crippen LogP contribution < -0.4 is 15.5 Å². The molecule has 0 aromatic carbocycles. The van der Waals surface area contributed by atoms with Crippen LogP contribution in [0.25, 0.3) is 0 Å². The van der Waals surface area contributed by atoms with Crippen molar-refractivity contribution in [3.05, 3.63) is 48.6 Å². The van der Waals surface area contributed by atoms with E-state index in [-0.39, 0.29) is 18.1 Å². The van der Waals surface area contributed by atoms with Crippen LogP contribution in [-0.4, -0.2) is 74.0 Å². The van der Waals surface area contributed by atoms with E-state index in [9.17, 15) is 18.0 Å². The molecule has 3 rings (SSSR count). The van der Waals surface area contributed by atoms with Gasteiger partial charge < -0.3 is 20.0 Å². The van der Waals surface area contributed by atoms with Crippen LogP contribution in [-0.2, 0) is 14.8 Å². The maximum Gasteiger partial charge on any atom is 0.287 e. The fraction of sp³-hybridized carbons (Fsp3) is 0.421. The van der Waals surface area contributed by atoms with Gasteiger partial charge in [0.05, 0.1) is 12.0 Å². The predicted octanol–water partition coefficient (Wildman–Crippen LogP) is 0.0611. The third-order valence-corrected chi connectivity index (χ3v) is 6.62. The molecule has 0 aliphatic carbocycles. The highest BCUT2D eigenvalue weighted by molar-refractivity contribution is 7.89. The number of anilines is 1. The molecule has 0 spiro atoms. The van der Waals surface area contributed by atoms with Crippen LogP contribution in [0.15, 0.2) is 47.2 Å². The minimum Gasteiger partial charge on any atom is -0.459 e. The minimum atomic E-state index is -3.50. The Hall–Kier alpha value is -2.92. The van der Waals surface area contributed by atoms with E-state index in [0.717, 1.165) is 5.82 Å². The molecule has 2 N–H and O–H groups in total. The summed E-state index contributed by atoms with van der Waals surface area (Å²) in [5, 5.41) is 5.05. The van der Waals surface area contributed by atoms with Crippen molar-refractivity contribution in [2.75, 3.05) is 43.4 Å². The van der Waals surface area contributed by atoms with Crippen LogP contribution >= 0.6 is 0 Å². The second-order valence-corrected chi connectivity index (χ2v) is 8.94. The van der Waals surface area contributed by atoms with Crippen molar-refractivity contribution < 1.29 is 22.4 Å². The molecule has 1 atom stereocenters. The summed E-state index contributed by atoms with van der Waals surface area (Å²) in [5.41, 5.74) is 0. The summed E-state index contributed by atoms with van der Waals surface area (Å²) >= 11 is 0. The van der Waals surface area contributed by atoms with Crippen LogP contribution in [0.5, 0.6) is 0 Å². The molecule has 1 aliphatic heterocycles. The lowest BCUT2D eigenvalue weighted by Gasteiger charge is -2.34. The number of rotatable bonds is 8. The second-order valence-electron chi connectivity index (χ2n) is 6.85. The number of furan rings is 1. The summed E-state index contributed by atoms with van der Waals surface area (Å²) in [6.07, 6.45) is 3.07. The Labute approximate surface area is 175 Å². The van der Waals surface area contributed by atoms with Gasteiger partial charge in [0.15, 0.2) is 5.76 Å². The van der Waals surface area contributed by atoms with Crippen LogP contribution in [0.2, 0.25) is 0 Å². The molecule has 2 aromatic heterocycles. The number of carbonyl (C=O) groups is 2. The fourth-order valence-electron chi connectivity index (χ4n) is 3.06. The van der Waals surface area contributed by atoms with Gasteiger partial charge in [-0.1, -0.05) is 6.07 Å². The molecule has 0 saturated carbocycles. The van der Waals surface area contributed by atoms with Crippen LogP contribution in [0.4, 0.5) is 5.82 Å². The number of hydrogen-bond donors (Lipinski definition) is 2. The van der Waals surface area contributed by atoms with E-state index in [0.29, 0.717) is 26.2 Å². The molecule has 2 amide bonds. The number of hydrogen-bond acceptors (Lipinski definition) is 7. The summed E-state index contributed by atoms with van der Waals surface area (Å²) in [6.45, 7) is 3.31. The first-order valence-corrected chi connectivity index (χ1v) is 11.2. The molecule has 1 saturated heterocycles. The van der Waals surface area contributed by atoms with E-state index in [2.05, 4.69) is 15.6 Å². The first kappa shape index (κ1) is 21.8. The van der Waals surface area contributed by atoms with Gasteiger partial charge in [-0.15, -0.1) is 0 Å². The monoisotopic (exact) mass is 435 g/mol. The average Bonchev–Trinajstić information content (AvgIpc) is 3.29. The molecular formula is C19H25N5O5S. The Morgan fingerprint density at radius 1 is 1.17 bits per heavy atom. The Bertz CT molecular complexity index is 941. The van der Waals surface area contributed by atoms with Crippen molar-refractivity contribution in [3.8, 4) is 0 Å². The van der Waals surface area contributed by atoms with E-state index in [1.165, 1.54) is 23.6 Å². The number of sulfonamides is 1. The van der Waals surface area contributed by atoms with Crippen LogP contribution in [0.1, 0.15) is 17.5 Å². The fourth-order valence-corrected chi connectivity index (χ4v) is 4.40. The number of pyridine rings is 1. The largest absolute Gasteiger partial charge is 0.459 e. The predicted molar refractivity (Wildman–Crippen MR) is 110 cm³/mol. The highest BCUT2D eigenvalue weighted by Crippen LogP contribution is 2.14. The summed E-state index contributed by atoms with van der Waals surface area (Å²) < 4.78 is 31.5. The Morgan fingerprint density at radius 3 is 2.57 bits per heavy atom. The minimum absolute atomic E-state index is 0.0391. The van der Waals surface area contributed by atoms with Gasteiger partial charge >= 0.3 is 0 Å². The Kier molecular flexibility index (Phi) is 7.06. The van der Waals surface area contributed by atoms with Gasteiger partial charge in [-0.05, 0) is 31.2 Å². The molecule has 1 fully saturated rings. The molecule has 162 valence electrons. The molecule has 3 heterocycles. The molecule has 10 nitrogen and oxygen atoms in total. The maximum atomic E-state index is 12.6. The third kappa shape index (κ3) is 5.57. The number of aromatic nitrogens is 1. The summed E-state index contributed by atoms with van der Waals surface area (Å²) in [5.74, 6) is -0.262. The van der Waals surface area contributed by atoms with Gasteiger partial charge in [0.25, 0.3) is 5.91 Å². The molecule has 0 unspecified atom stereocenters. The molecule has 0 radical (unpaired) electrons. The molecule has 11 heteroatoms. The quantitative estimate of drug-likeness (QED) is 0.601. The zero-order valence-corrected chi connectivity index (χ0v) is 17.5. The lowest BCUT2D eigenvalue weighted by molar-refractivity contribution is -0.122. The normalized spacial score (nSPS) is 16.1. The molecule has 0 bridgehead atoms. The number of piperazine rings is 1. The Balaban J connectivity index is 1.41. The van der Waals surface area contributed by atoms with Crippen molar-refractivity contribution in [3.63, 3.8) is 0 Å². The summed E-state index contributed by atoms with van der Waals surface area (Å²) in [7, 11) is -3.50. The zero-order chi connectivity index (χ0) is 21.6. The van der Waals surface area contributed by atoms with E-state index < -0.39 is 27.9 Å². The standard InChI is InChI=1S/C19H25N5O5S/c1-15(22-19(26)16-5-4-13-29-16)18(25)21-8-14-30(27,28)24-11-9-23(10-12-24)17-6-2-3-7-20-17/h2-7,13,15H,8-12,14H2,1H3,(H,21,25)(H,22,26)/t15-/m0/s1. The van der Waals surface area contributed by atoms with Crippen LogP contribution in [0, 0.1) is 0 Å². The van der Waals surface area contributed by atoms with Crippen molar-refractivity contribution in [1.82, 2.24) is 19.9 Å². The lowest BCUT2D eigenvalue weighted by atomic mass is 10.3. The third-order valence-electron chi connectivity index (χ3n) is 4.75. The summed E-state index contributed by atoms with van der Waals surface area (Å²) in [4.78, 5) is 30.4. The number of nitrogens with one attached hydrogen (secondary N) is 2. The molecule has 30 heavy (non-hydrogen) atoms. The SMILES string of the molecule is C[C@H](NC(=O)c1ccco1)C(=O)NCCS(=O)(=O)N1CCN(c2ccccn2)CC1. The smallest absolute Gasteiger partial charge is 0.287 e. The number of nitrogens with zero attached hydrogens (tertiary/aromatic N) is 3. The average molecular weight is 436 g/mol. The van der Waals surface area contributed by atoms with Crippen molar-refractivity contribution in [2.24, 2.45) is 0 Å². The van der Waals surface area contributed by atoms with Crippen molar-refractivity contribution in [1.29, 1.82) is 0 Å². The van der Waals surface area contributed by atoms with Crippen LogP contribution in [0.3, 0.4) is 0 Å². The zero-order valence-electron chi connectivity index (χ0n) is 16.7. The second kappa shape index (κ2) is 9.72. The first-order chi connectivity index (χ1) is 14.4. The van der Waals surface area contributed by atoms with Crippen molar-refractivity contribution in [2.45, 2.75) is 13.0 Å². The van der Waals surface area contributed by atoms with E-state index >= 15 is 0 Å². The topological polar surface area (TPSA) is 125 Å². The highest BCUT2D eigenvalue weighted by Gasteiger charge is 2.27. The molecule has 1 aliphatic rings. The maximum absolute atomic E-state index is 12.6. The van der Waals surface area contributed by atoms with Gasteiger partial charge in [-0.3, -0.25) is 9.59 Å². The highest BCUT2D eigenvalue weighted by atomic mass is 32.2. The molecular weight excluding hydrogens is 410 g/mol. The van der Waals surface area contributed by atoms with Crippen molar-refractivity contribution >= 4 is 27.7 Å². The first-order valence-electron chi connectivity index (χ1n) is 9.63. The molecule has 2 aromatic rings. The summed E-state index contributed by atoms with van der Waals surface area (Å²) in [6, 6.07) is 7.85. The number of carbonyl (C=O) groups excluding carboxylic acids is 2.